The van der Waals surface area contributed by atoms with E-state index in [2.05, 4.69) is 15.8 Å². The Bertz CT molecular complexity index is 405. The molecule has 4 nitrogen and oxygen atoms in total. The van der Waals surface area contributed by atoms with Crippen LogP contribution in [-0.2, 0) is 0 Å². The lowest BCUT2D eigenvalue weighted by atomic mass is 10.2. The predicted molar refractivity (Wildman–Crippen MR) is 77.8 cm³/mol. The molecular weight excluding hydrogens is 246 g/mol. The van der Waals surface area contributed by atoms with Crippen LogP contribution in [0, 0.1) is 0 Å². The Morgan fingerprint density at radius 1 is 1.28 bits per heavy atom. The molecule has 0 radical (unpaired) electrons. The van der Waals surface area contributed by atoms with Crippen molar-refractivity contribution < 1.29 is 4.74 Å². The minimum absolute atomic E-state index is 0.630. The molecule has 0 spiro atoms. The summed E-state index contributed by atoms with van der Waals surface area (Å²) in [5.41, 5.74) is 4.15. The fourth-order valence-electron chi connectivity index (χ4n) is 2.01. The quantitative estimate of drug-likeness (QED) is 0.821. The van der Waals surface area contributed by atoms with Crippen LogP contribution in [0.15, 0.2) is 24.3 Å². The van der Waals surface area contributed by atoms with Crippen LogP contribution in [0.5, 0.6) is 5.75 Å². The standard InChI is InChI=1S/C13H19N3OS/c1-17-12-7-5-6-11(10-12)14-13(18)15-16-8-3-2-4-9-16/h5-7,10H,2-4,8-9H2,1H3,(H2,14,15,18). The minimum atomic E-state index is 0.630. The highest BCUT2D eigenvalue weighted by Gasteiger charge is 2.10. The lowest BCUT2D eigenvalue weighted by Gasteiger charge is -2.28. The van der Waals surface area contributed by atoms with Gasteiger partial charge in [0.05, 0.1) is 7.11 Å². The van der Waals surface area contributed by atoms with Crippen LogP contribution < -0.4 is 15.5 Å². The summed E-state index contributed by atoms with van der Waals surface area (Å²) in [6.45, 7) is 2.11. The number of thiocarbonyl (C=S) groups is 1. The van der Waals surface area contributed by atoms with Crippen molar-refractivity contribution in [1.29, 1.82) is 0 Å². The molecule has 1 aliphatic heterocycles. The van der Waals surface area contributed by atoms with Crippen LogP contribution in [0.2, 0.25) is 0 Å². The third-order valence-electron chi connectivity index (χ3n) is 2.94. The first kappa shape index (κ1) is 13.1. The van der Waals surface area contributed by atoms with E-state index in [-0.39, 0.29) is 0 Å². The molecule has 0 aliphatic carbocycles. The van der Waals surface area contributed by atoms with Crippen LogP contribution in [0.4, 0.5) is 5.69 Å². The van der Waals surface area contributed by atoms with Gasteiger partial charge in [0, 0.05) is 24.8 Å². The topological polar surface area (TPSA) is 36.5 Å². The highest BCUT2D eigenvalue weighted by atomic mass is 32.1. The zero-order chi connectivity index (χ0) is 12.8. The van der Waals surface area contributed by atoms with E-state index in [0.717, 1.165) is 24.5 Å². The Morgan fingerprint density at radius 2 is 2.06 bits per heavy atom. The summed E-state index contributed by atoms with van der Waals surface area (Å²) in [5, 5.41) is 5.96. The molecule has 1 heterocycles. The highest BCUT2D eigenvalue weighted by Crippen LogP contribution is 2.16. The summed E-state index contributed by atoms with van der Waals surface area (Å²) < 4.78 is 5.17. The Morgan fingerprint density at radius 3 is 2.78 bits per heavy atom. The molecule has 1 fully saturated rings. The predicted octanol–water partition coefficient (Wildman–Crippen LogP) is 2.38. The fourth-order valence-corrected chi connectivity index (χ4v) is 2.26. The number of methoxy groups -OCH3 is 1. The van der Waals surface area contributed by atoms with Crippen molar-refractivity contribution in [2.24, 2.45) is 0 Å². The second-order valence-corrected chi connectivity index (χ2v) is 4.75. The van der Waals surface area contributed by atoms with Gasteiger partial charge in [-0.05, 0) is 37.2 Å². The molecule has 1 saturated heterocycles. The van der Waals surface area contributed by atoms with Crippen molar-refractivity contribution in [3.05, 3.63) is 24.3 Å². The first-order valence-electron chi connectivity index (χ1n) is 6.24. The molecule has 0 unspecified atom stereocenters. The third kappa shape index (κ3) is 3.85. The van der Waals surface area contributed by atoms with Gasteiger partial charge >= 0.3 is 0 Å². The number of piperidine rings is 1. The van der Waals surface area contributed by atoms with Crippen LogP contribution >= 0.6 is 12.2 Å². The molecule has 1 aromatic carbocycles. The summed E-state index contributed by atoms with van der Waals surface area (Å²) in [5.74, 6) is 0.820. The van der Waals surface area contributed by atoms with E-state index < -0.39 is 0 Å². The zero-order valence-corrected chi connectivity index (χ0v) is 11.4. The maximum absolute atomic E-state index is 5.29. The van der Waals surface area contributed by atoms with Crippen molar-refractivity contribution in [2.75, 3.05) is 25.5 Å². The van der Waals surface area contributed by atoms with Crippen LogP contribution in [0.3, 0.4) is 0 Å². The van der Waals surface area contributed by atoms with Crippen molar-refractivity contribution in [3.8, 4) is 5.75 Å². The summed E-state index contributed by atoms with van der Waals surface area (Å²) >= 11 is 5.29. The molecular formula is C13H19N3OS. The number of ether oxygens (including phenoxy) is 1. The highest BCUT2D eigenvalue weighted by molar-refractivity contribution is 7.80. The monoisotopic (exact) mass is 265 g/mol. The molecule has 98 valence electrons. The van der Waals surface area contributed by atoms with Crippen molar-refractivity contribution in [2.45, 2.75) is 19.3 Å². The van der Waals surface area contributed by atoms with E-state index in [0.29, 0.717) is 5.11 Å². The van der Waals surface area contributed by atoms with Crippen molar-refractivity contribution in [1.82, 2.24) is 10.4 Å². The second-order valence-electron chi connectivity index (χ2n) is 4.35. The van der Waals surface area contributed by atoms with Gasteiger partial charge in [0.1, 0.15) is 5.75 Å². The molecule has 5 heteroatoms. The molecule has 0 saturated carbocycles. The van der Waals surface area contributed by atoms with Gasteiger partial charge in [-0.15, -0.1) is 0 Å². The SMILES string of the molecule is COc1cccc(NC(=S)NN2CCCCC2)c1. The van der Waals surface area contributed by atoms with Gasteiger partial charge in [-0.1, -0.05) is 12.5 Å². The molecule has 2 N–H and O–H groups in total. The van der Waals surface area contributed by atoms with E-state index in [1.54, 1.807) is 7.11 Å². The van der Waals surface area contributed by atoms with Crippen LogP contribution in [-0.4, -0.2) is 30.3 Å². The Hall–Kier alpha value is -1.33. The van der Waals surface area contributed by atoms with Gasteiger partial charge < -0.3 is 10.1 Å². The van der Waals surface area contributed by atoms with E-state index in [9.17, 15) is 0 Å². The molecule has 1 aromatic rings. The number of benzene rings is 1. The summed E-state index contributed by atoms with van der Waals surface area (Å²) in [7, 11) is 1.66. The fraction of sp³-hybridized carbons (Fsp3) is 0.462. The lowest BCUT2D eigenvalue weighted by Crippen LogP contribution is -2.46. The van der Waals surface area contributed by atoms with E-state index in [4.69, 9.17) is 17.0 Å². The zero-order valence-electron chi connectivity index (χ0n) is 10.6. The second kappa shape index (κ2) is 6.56. The lowest BCUT2D eigenvalue weighted by molar-refractivity contribution is 0.196. The number of hydrogen-bond donors (Lipinski definition) is 2. The molecule has 0 amide bonds. The molecule has 1 aliphatic rings. The average molecular weight is 265 g/mol. The largest absolute Gasteiger partial charge is 0.497 e. The summed E-state index contributed by atoms with van der Waals surface area (Å²) in [4.78, 5) is 0. The molecule has 0 atom stereocenters. The van der Waals surface area contributed by atoms with E-state index in [1.807, 2.05) is 24.3 Å². The molecule has 0 bridgehead atoms. The smallest absolute Gasteiger partial charge is 0.185 e. The number of hydrogen-bond acceptors (Lipinski definition) is 3. The number of hydrazine groups is 1. The number of nitrogens with zero attached hydrogens (tertiary/aromatic N) is 1. The number of nitrogens with one attached hydrogen (secondary N) is 2. The molecule has 2 rings (SSSR count). The third-order valence-corrected chi connectivity index (χ3v) is 3.14. The van der Waals surface area contributed by atoms with Gasteiger partial charge in [0.2, 0.25) is 0 Å². The minimum Gasteiger partial charge on any atom is -0.497 e. The van der Waals surface area contributed by atoms with Crippen molar-refractivity contribution in [3.63, 3.8) is 0 Å². The van der Waals surface area contributed by atoms with Crippen LogP contribution in [0.25, 0.3) is 0 Å². The first-order chi connectivity index (χ1) is 8.78. The average Bonchev–Trinajstić information content (AvgIpc) is 2.40. The first-order valence-corrected chi connectivity index (χ1v) is 6.65. The molecule has 18 heavy (non-hydrogen) atoms. The van der Waals surface area contributed by atoms with Gasteiger partial charge in [0.15, 0.2) is 5.11 Å². The Labute approximate surface area is 113 Å². The maximum Gasteiger partial charge on any atom is 0.185 e. The normalized spacial score (nSPS) is 16.1. The van der Waals surface area contributed by atoms with Gasteiger partial charge in [0.25, 0.3) is 0 Å². The van der Waals surface area contributed by atoms with Crippen LogP contribution in [0.1, 0.15) is 19.3 Å². The van der Waals surface area contributed by atoms with E-state index >= 15 is 0 Å². The summed E-state index contributed by atoms with van der Waals surface area (Å²) in [6.07, 6.45) is 3.78. The summed E-state index contributed by atoms with van der Waals surface area (Å²) in [6, 6.07) is 7.73. The number of anilines is 1. The molecule has 0 aromatic heterocycles. The number of rotatable bonds is 3. The van der Waals surface area contributed by atoms with E-state index in [1.165, 1.54) is 19.3 Å². The Balaban J connectivity index is 1.85. The van der Waals surface area contributed by atoms with Gasteiger partial charge in [-0.25, -0.2) is 5.01 Å². The maximum atomic E-state index is 5.29. The van der Waals surface area contributed by atoms with Crippen molar-refractivity contribution >= 4 is 23.0 Å². The van der Waals surface area contributed by atoms with Gasteiger partial charge in [-0.2, -0.15) is 0 Å². The van der Waals surface area contributed by atoms with Gasteiger partial charge in [-0.3, -0.25) is 5.43 Å². The Kier molecular flexibility index (Phi) is 4.78.